The van der Waals surface area contributed by atoms with Gasteiger partial charge in [-0.05, 0) is 36.5 Å². The van der Waals surface area contributed by atoms with Crippen molar-refractivity contribution in [3.63, 3.8) is 0 Å². The van der Waals surface area contributed by atoms with E-state index in [9.17, 15) is 13.6 Å². The molecule has 5 heteroatoms. The van der Waals surface area contributed by atoms with E-state index >= 15 is 0 Å². The maximum absolute atomic E-state index is 13.2. The Balaban J connectivity index is 1.86. The summed E-state index contributed by atoms with van der Waals surface area (Å²) in [4.78, 5) is 18.8. The Morgan fingerprint density at radius 2 is 2.14 bits per heavy atom. The molecule has 0 amide bonds. The number of allylic oxidation sites excluding steroid dienone is 2. The Kier molecular flexibility index (Phi) is 3.30. The molecule has 0 saturated heterocycles. The van der Waals surface area contributed by atoms with Crippen LogP contribution in [0.5, 0.6) is 0 Å². The molecule has 2 heterocycles. The number of carbonyl (C=O) groups excluding carboxylic acids is 1. The molecule has 0 bridgehead atoms. The standard InChI is InChI=1S/C16H14F2N2O/c1-16(17,18)15-5-4-11(9-19-15)14-8-12(10-2-3-10)13(20-14)6-7-21/h4-6,9-10H,2-3,8H2,1H3. The number of rotatable bonds is 4. The first-order valence-electron chi connectivity index (χ1n) is 6.85. The molecule has 1 aromatic heterocycles. The van der Waals surface area contributed by atoms with E-state index in [0.717, 1.165) is 36.6 Å². The molecule has 0 N–H and O–H groups in total. The van der Waals surface area contributed by atoms with Gasteiger partial charge in [-0.25, -0.2) is 4.79 Å². The highest BCUT2D eigenvalue weighted by Gasteiger charge is 2.32. The molecule has 108 valence electrons. The van der Waals surface area contributed by atoms with Crippen LogP contribution in [-0.4, -0.2) is 16.6 Å². The molecule has 1 fully saturated rings. The Hall–Kier alpha value is -2.13. The first kappa shape index (κ1) is 13.8. The van der Waals surface area contributed by atoms with Crippen molar-refractivity contribution in [3.05, 3.63) is 46.9 Å². The predicted octanol–water partition coefficient (Wildman–Crippen LogP) is 3.44. The summed E-state index contributed by atoms with van der Waals surface area (Å²) in [6.07, 6.45) is 5.66. The van der Waals surface area contributed by atoms with Crippen molar-refractivity contribution in [1.82, 2.24) is 4.98 Å². The van der Waals surface area contributed by atoms with Crippen molar-refractivity contribution < 1.29 is 13.6 Å². The van der Waals surface area contributed by atoms with Crippen LogP contribution in [0.25, 0.3) is 0 Å². The number of alkyl halides is 2. The molecular weight excluding hydrogens is 274 g/mol. The molecular formula is C16H14F2N2O. The fourth-order valence-corrected chi connectivity index (χ4v) is 2.48. The molecule has 0 atom stereocenters. The minimum absolute atomic E-state index is 0.256. The van der Waals surface area contributed by atoms with Gasteiger partial charge in [0.2, 0.25) is 0 Å². The maximum atomic E-state index is 13.2. The summed E-state index contributed by atoms with van der Waals surface area (Å²) >= 11 is 0. The van der Waals surface area contributed by atoms with Crippen LogP contribution in [0.4, 0.5) is 8.78 Å². The zero-order valence-electron chi connectivity index (χ0n) is 11.6. The van der Waals surface area contributed by atoms with Crippen LogP contribution in [0, 0.1) is 5.92 Å². The fraction of sp³-hybridized carbons (Fsp3) is 0.375. The zero-order valence-corrected chi connectivity index (χ0v) is 11.6. The van der Waals surface area contributed by atoms with Crippen LogP contribution in [0.15, 0.2) is 40.7 Å². The smallest absolute Gasteiger partial charge is 0.254 e. The SMILES string of the molecule is CC(F)(F)c1ccc(C2=NC(C=C=O)=C(C3CC3)C2)cn1. The topological polar surface area (TPSA) is 42.3 Å². The van der Waals surface area contributed by atoms with E-state index in [0.29, 0.717) is 18.0 Å². The van der Waals surface area contributed by atoms with Crippen molar-refractivity contribution in [2.75, 3.05) is 0 Å². The van der Waals surface area contributed by atoms with Crippen molar-refractivity contribution in [2.24, 2.45) is 10.9 Å². The lowest BCUT2D eigenvalue weighted by molar-refractivity contribution is 0.0127. The van der Waals surface area contributed by atoms with Gasteiger partial charge in [0.25, 0.3) is 5.92 Å². The van der Waals surface area contributed by atoms with Crippen molar-refractivity contribution in [3.8, 4) is 0 Å². The second-order valence-electron chi connectivity index (χ2n) is 5.50. The van der Waals surface area contributed by atoms with Crippen LogP contribution >= 0.6 is 0 Å². The van der Waals surface area contributed by atoms with Crippen molar-refractivity contribution >= 4 is 11.7 Å². The summed E-state index contributed by atoms with van der Waals surface area (Å²) in [5, 5.41) is 0. The largest absolute Gasteiger partial charge is 0.286 e. The molecule has 0 spiro atoms. The molecule has 2 aliphatic rings. The molecule has 0 aromatic carbocycles. The molecule has 1 aromatic rings. The lowest BCUT2D eigenvalue weighted by Gasteiger charge is -2.10. The van der Waals surface area contributed by atoms with E-state index in [1.165, 1.54) is 18.3 Å². The first-order valence-corrected chi connectivity index (χ1v) is 6.85. The van der Waals surface area contributed by atoms with Crippen LogP contribution in [0.1, 0.15) is 37.4 Å². The number of hydrogen-bond acceptors (Lipinski definition) is 3. The fourth-order valence-electron chi connectivity index (χ4n) is 2.48. The predicted molar refractivity (Wildman–Crippen MR) is 75.0 cm³/mol. The molecule has 0 radical (unpaired) electrons. The van der Waals surface area contributed by atoms with Gasteiger partial charge in [-0.1, -0.05) is 0 Å². The Morgan fingerprint density at radius 3 is 2.67 bits per heavy atom. The minimum Gasteiger partial charge on any atom is -0.254 e. The molecule has 3 rings (SSSR count). The van der Waals surface area contributed by atoms with E-state index in [2.05, 4.69) is 9.98 Å². The summed E-state index contributed by atoms with van der Waals surface area (Å²) in [5.74, 6) is -0.679. The van der Waals surface area contributed by atoms with Gasteiger partial charge < -0.3 is 0 Å². The van der Waals surface area contributed by atoms with Gasteiger partial charge in [0.15, 0.2) is 0 Å². The second kappa shape index (κ2) is 5.01. The summed E-state index contributed by atoms with van der Waals surface area (Å²) < 4.78 is 26.3. The highest BCUT2D eigenvalue weighted by atomic mass is 19.3. The summed E-state index contributed by atoms with van der Waals surface area (Å²) in [6.45, 7) is 0.821. The van der Waals surface area contributed by atoms with Crippen LogP contribution in [0.3, 0.4) is 0 Å². The monoisotopic (exact) mass is 288 g/mol. The van der Waals surface area contributed by atoms with Gasteiger partial charge in [0.05, 0.1) is 11.4 Å². The number of aromatic nitrogens is 1. The van der Waals surface area contributed by atoms with Crippen molar-refractivity contribution in [1.29, 1.82) is 0 Å². The molecule has 1 aliphatic carbocycles. The van der Waals surface area contributed by atoms with Gasteiger partial charge in [0.1, 0.15) is 11.6 Å². The quantitative estimate of drug-likeness (QED) is 0.796. The third-order valence-corrected chi connectivity index (χ3v) is 3.75. The maximum Gasteiger partial charge on any atom is 0.286 e. The molecule has 21 heavy (non-hydrogen) atoms. The summed E-state index contributed by atoms with van der Waals surface area (Å²) in [6, 6.07) is 2.93. The molecule has 0 unspecified atom stereocenters. The Labute approximate surface area is 121 Å². The third-order valence-electron chi connectivity index (χ3n) is 3.75. The number of nitrogens with zero attached hydrogens (tertiary/aromatic N) is 2. The van der Waals surface area contributed by atoms with Gasteiger partial charge in [-0.3, -0.25) is 9.98 Å². The normalized spacial score (nSPS) is 18.5. The van der Waals surface area contributed by atoms with E-state index in [4.69, 9.17) is 0 Å². The highest BCUT2D eigenvalue weighted by molar-refractivity contribution is 6.04. The zero-order chi connectivity index (χ0) is 15.0. The van der Waals surface area contributed by atoms with E-state index in [1.54, 1.807) is 12.0 Å². The first-order chi connectivity index (χ1) is 9.99. The average molecular weight is 288 g/mol. The van der Waals surface area contributed by atoms with Gasteiger partial charge in [-0.15, -0.1) is 0 Å². The van der Waals surface area contributed by atoms with E-state index in [1.807, 2.05) is 0 Å². The molecule has 3 nitrogen and oxygen atoms in total. The number of hydrogen-bond donors (Lipinski definition) is 0. The second-order valence-corrected chi connectivity index (χ2v) is 5.50. The van der Waals surface area contributed by atoms with Crippen LogP contribution < -0.4 is 0 Å². The van der Waals surface area contributed by atoms with E-state index < -0.39 is 5.92 Å². The van der Waals surface area contributed by atoms with Crippen LogP contribution in [-0.2, 0) is 10.7 Å². The number of pyridine rings is 1. The summed E-state index contributed by atoms with van der Waals surface area (Å²) in [7, 11) is 0. The average Bonchev–Trinajstić information content (AvgIpc) is 3.20. The number of aliphatic imine (C=N–C) groups is 1. The number of halogens is 2. The van der Waals surface area contributed by atoms with E-state index in [-0.39, 0.29) is 5.69 Å². The minimum atomic E-state index is -2.95. The van der Waals surface area contributed by atoms with Gasteiger partial charge >= 0.3 is 0 Å². The van der Waals surface area contributed by atoms with Crippen molar-refractivity contribution in [2.45, 2.75) is 32.1 Å². The third kappa shape index (κ3) is 2.83. The molecule has 1 saturated carbocycles. The van der Waals surface area contributed by atoms with Gasteiger partial charge in [-0.2, -0.15) is 8.78 Å². The van der Waals surface area contributed by atoms with Gasteiger partial charge in [0, 0.05) is 31.2 Å². The Morgan fingerprint density at radius 1 is 1.38 bits per heavy atom. The lowest BCUT2D eigenvalue weighted by atomic mass is 10.0. The highest BCUT2D eigenvalue weighted by Crippen LogP contribution is 2.43. The Bertz CT molecular complexity index is 673. The summed E-state index contributed by atoms with van der Waals surface area (Å²) in [5.41, 5.74) is 3.06. The van der Waals surface area contributed by atoms with Crippen LogP contribution in [0.2, 0.25) is 0 Å². The lowest BCUT2D eigenvalue weighted by Crippen LogP contribution is -2.10. The molecule has 1 aliphatic heterocycles.